The molecule has 4 heteroatoms. The Morgan fingerprint density at radius 3 is 2.21 bits per heavy atom. The number of esters is 2. The van der Waals surface area contributed by atoms with Gasteiger partial charge in [-0.3, -0.25) is 9.59 Å². The van der Waals surface area contributed by atoms with Gasteiger partial charge in [0.05, 0.1) is 14.2 Å². The third-order valence-corrected chi connectivity index (χ3v) is 25.1. The number of carbonyl (C=O) groups excluding carboxylic acids is 2. The van der Waals surface area contributed by atoms with Crippen LogP contribution in [0, 0.1) is 40.4 Å². The van der Waals surface area contributed by atoms with Gasteiger partial charge in [-0.15, -0.1) is 0 Å². The molecule has 22 rings (SSSR count). The molecule has 7 aromatic carbocycles. The van der Waals surface area contributed by atoms with Gasteiger partial charge < -0.3 is 9.47 Å². The molecule has 4 fully saturated rings. The van der Waals surface area contributed by atoms with Gasteiger partial charge >= 0.3 is 11.9 Å². The molecule has 12 unspecified atom stereocenters. The Balaban J connectivity index is 0.910. The van der Waals surface area contributed by atoms with Crippen LogP contribution >= 0.6 is 0 Å². The molecule has 4 saturated carbocycles. The van der Waals surface area contributed by atoms with E-state index in [1.54, 1.807) is 114 Å². The fourth-order valence-electron chi connectivity index (χ4n) is 24.3. The van der Waals surface area contributed by atoms with Gasteiger partial charge in [-0.1, -0.05) is 115 Å². The summed E-state index contributed by atoms with van der Waals surface area (Å²) in [4.78, 5) is 26.5. The molecule has 0 bridgehead atoms. The monoisotopic (exact) mass is 966 g/mol. The van der Waals surface area contributed by atoms with Crippen molar-refractivity contribution in [1.29, 1.82) is 0 Å². The molecule has 0 aliphatic heterocycles. The van der Waals surface area contributed by atoms with Crippen LogP contribution in [0.1, 0.15) is 108 Å². The number of hydrogen-bond donors (Lipinski definition) is 0. The molecule has 15 aliphatic rings. The van der Waals surface area contributed by atoms with E-state index >= 15 is 0 Å². The highest BCUT2D eigenvalue weighted by Crippen LogP contribution is 3.03. The van der Waals surface area contributed by atoms with Gasteiger partial charge in [-0.2, -0.15) is 0 Å². The predicted molar refractivity (Wildman–Crippen MR) is 290 cm³/mol. The molecular weight excluding hydrogens is 917 g/mol. The van der Waals surface area contributed by atoms with Crippen molar-refractivity contribution in [3.8, 4) is 0 Å². The lowest BCUT2D eigenvalue weighted by molar-refractivity contribution is -0.141. The maximum absolute atomic E-state index is 13.4. The SMILES string of the molecule is COC(=O)CCCC1(c2ccc3ccccc3c2)C2C3C=C4CC5=C6C4=C4C7=C8C6C69C(=C5)CC5C=c%10cc%11cc%12c%13c(c(c7c7c%13c%11c%11c%10C5C6(C8C=7%11)C9(CCCC(=O)OC)c5ccc6ccccc6c5)C43)C21C%12. The molecular formula is C71H50O4. The molecule has 7 aromatic rings. The van der Waals surface area contributed by atoms with Crippen LogP contribution in [0.5, 0.6) is 0 Å². The summed E-state index contributed by atoms with van der Waals surface area (Å²) in [6.07, 6.45) is 16.3. The largest absolute Gasteiger partial charge is 0.469 e. The zero-order valence-electron chi connectivity index (χ0n) is 42.0. The number of hydrogen-bond acceptors (Lipinski definition) is 4. The number of carbonyl (C=O) groups is 2. The van der Waals surface area contributed by atoms with Gasteiger partial charge in [-0.25, -0.2) is 0 Å². The number of methoxy groups -OCH3 is 2. The molecule has 0 heterocycles. The van der Waals surface area contributed by atoms with E-state index in [1.807, 2.05) is 5.57 Å². The smallest absolute Gasteiger partial charge is 0.305 e. The van der Waals surface area contributed by atoms with Crippen molar-refractivity contribution in [3.05, 3.63) is 203 Å². The van der Waals surface area contributed by atoms with Crippen molar-refractivity contribution >= 4 is 72.3 Å². The molecule has 0 N–H and O–H groups in total. The Labute approximate surface area is 432 Å². The molecule has 0 saturated heterocycles. The van der Waals surface area contributed by atoms with Crippen molar-refractivity contribution in [2.24, 2.45) is 40.4 Å². The van der Waals surface area contributed by atoms with Crippen molar-refractivity contribution in [2.45, 2.75) is 85.9 Å². The quantitative estimate of drug-likeness (QED) is 0.101. The lowest BCUT2D eigenvalue weighted by Crippen LogP contribution is -2.43. The van der Waals surface area contributed by atoms with Gasteiger partial charge in [0.2, 0.25) is 0 Å². The van der Waals surface area contributed by atoms with E-state index in [1.165, 1.54) is 43.3 Å². The summed E-state index contributed by atoms with van der Waals surface area (Å²) in [5, 5.41) is 14.7. The molecule has 358 valence electrons. The van der Waals surface area contributed by atoms with E-state index in [0.717, 1.165) is 44.9 Å². The number of allylic oxidation sites excluding steroid dienone is 10. The van der Waals surface area contributed by atoms with E-state index < -0.39 is 0 Å². The van der Waals surface area contributed by atoms with Crippen LogP contribution in [0.15, 0.2) is 148 Å². The minimum atomic E-state index is -0.174. The third-order valence-electron chi connectivity index (χ3n) is 25.1. The summed E-state index contributed by atoms with van der Waals surface area (Å²) in [5.74, 6) is 2.40. The highest BCUT2D eigenvalue weighted by Gasteiger charge is 3.00. The first-order chi connectivity index (χ1) is 36.9. The number of rotatable bonds is 10. The molecule has 0 radical (unpaired) electrons. The van der Waals surface area contributed by atoms with Gasteiger partial charge in [0.25, 0.3) is 0 Å². The molecule has 0 aromatic heterocycles. The summed E-state index contributed by atoms with van der Waals surface area (Å²) in [5.41, 5.74) is 27.9. The third kappa shape index (κ3) is 3.27. The van der Waals surface area contributed by atoms with E-state index in [4.69, 9.17) is 9.47 Å². The summed E-state index contributed by atoms with van der Waals surface area (Å²) in [6, 6.07) is 38.6. The van der Waals surface area contributed by atoms with Gasteiger partial charge in [-0.05, 0) is 211 Å². The maximum Gasteiger partial charge on any atom is 0.305 e. The van der Waals surface area contributed by atoms with Crippen LogP contribution in [0.25, 0.3) is 60.3 Å². The first-order valence-electron chi connectivity index (χ1n) is 28.5. The van der Waals surface area contributed by atoms with E-state index in [9.17, 15) is 9.59 Å². The van der Waals surface area contributed by atoms with Gasteiger partial charge in [0.15, 0.2) is 0 Å². The van der Waals surface area contributed by atoms with Crippen molar-refractivity contribution in [2.75, 3.05) is 14.2 Å². The summed E-state index contributed by atoms with van der Waals surface area (Å²) >= 11 is 0. The average molecular weight is 967 g/mol. The van der Waals surface area contributed by atoms with Crippen LogP contribution in [0.2, 0.25) is 0 Å². The van der Waals surface area contributed by atoms with Crippen molar-refractivity contribution < 1.29 is 19.1 Å². The second kappa shape index (κ2) is 11.2. The zero-order chi connectivity index (χ0) is 48.5. The second-order valence-corrected chi connectivity index (χ2v) is 26.3. The lowest BCUT2D eigenvalue weighted by Gasteiger charge is -2.48. The highest BCUT2D eigenvalue weighted by molar-refractivity contribution is 6.25. The van der Waals surface area contributed by atoms with E-state index in [0.29, 0.717) is 54.3 Å². The number of fused-ring (bicyclic) bond motifs is 3. The molecule has 12 atom stereocenters. The maximum atomic E-state index is 13.4. The lowest BCUT2D eigenvalue weighted by atomic mass is 9.54. The van der Waals surface area contributed by atoms with E-state index in [-0.39, 0.29) is 39.0 Å². The van der Waals surface area contributed by atoms with Crippen molar-refractivity contribution in [1.82, 2.24) is 0 Å². The Morgan fingerprint density at radius 1 is 0.680 bits per heavy atom. The predicted octanol–water partition coefficient (Wildman–Crippen LogP) is 12.3. The Kier molecular flexibility index (Phi) is 5.77. The van der Waals surface area contributed by atoms with Crippen LogP contribution in [0.4, 0.5) is 0 Å². The number of ether oxygens (including phenoxy) is 2. The fraction of sp³-hybridized carbons (Fsp3) is 0.324. The highest BCUT2D eigenvalue weighted by atomic mass is 16.5. The van der Waals surface area contributed by atoms with Gasteiger partial charge in [0.1, 0.15) is 0 Å². The topological polar surface area (TPSA) is 52.6 Å². The van der Waals surface area contributed by atoms with Crippen LogP contribution in [-0.2, 0) is 41.7 Å². The Bertz CT molecular complexity index is 4660. The summed E-state index contributed by atoms with van der Waals surface area (Å²) < 4.78 is 10.8. The van der Waals surface area contributed by atoms with E-state index in [2.05, 4.69) is 115 Å². The van der Waals surface area contributed by atoms with Gasteiger partial charge in [0, 0.05) is 63.6 Å². The average Bonchev–Trinajstić information content (AvgIpc) is 1.93. The number of benzene rings is 7. The molecule has 75 heavy (non-hydrogen) atoms. The first-order valence-corrected chi connectivity index (χ1v) is 28.5. The minimum Gasteiger partial charge on any atom is -0.469 e. The molecule has 15 aliphatic carbocycles. The summed E-state index contributed by atoms with van der Waals surface area (Å²) in [6.45, 7) is 0. The van der Waals surface area contributed by atoms with Crippen LogP contribution in [-0.4, -0.2) is 26.2 Å². The molecule has 0 amide bonds. The first kappa shape index (κ1) is 38.5. The Hall–Kier alpha value is -7.04. The standard InChI is InChI=1S/C71H50O4/c1-74-45(72)13-7-19-67(41-17-15-31-9-3-5-11-33(31)25-41)66-44-29-38-22-37-27-43-28-39-23-36-21-35-24-40-30-68(66,67)63-51(40)53-48(35)54-50(36)62(39)71-65-60(54)56(53)57-58-55(52(44)59(57)63)47(38)49(37)64(61(58)65)70(43,71)69(71,20-8-14-46(73)75-2)42-18-16-32-10-4-6-12-34(32)26-42/h3-6,9-12,15-18,21,23-27,29,39,44,52,62,64-66H,7-8,13-14,19-20,22,28,30H2,1-2H3. The molecule has 3 spiro atoms. The fourth-order valence-corrected chi connectivity index (χ4v) is 24.3. The Morgan fingerprint density at radius 2 is 1.43 bits per heavy atom. The normalized spacial score (nSPS) is 36.6. The zero-order valence-corrected chi connectivity index (χ0v) is 42.0. The van der Waals surface area contributed by atoms with Crippen LogP contribution < -0.4 is 10.4 Å². The second-order valence-electron chi connectivity index (χ2n) is 26.3. The van der Waals surface area contributed by atoms with Crippen molar-refractivity contribution in [3.63, 3.8) is 0 Å². The molecule has 4 nitrogen and oxygen atoms in total. The van der Waals surface area contributed by atoms with Crippen LogP contribution in [0.3, 0.4) is 0 Å². The summed E-state index contributed by atoms with van der Waals surface area (Å²) in [7, 11) is 3.13. The minimum absolute atomic E-state index is 0.0719.